The Kier molecular flexibility index (Phi) is 6.72. The van der Waals surface area contributed by atoms with E-state index in [-0.39, 0.29) is 0 Å². The minimum Gasteiger partial charge on any atom is -0.457 e. The van der Waals surface area contributed by atoms with E-state index in [1.807, 2.05) is 48.5 Å². The number of hydrogen-bond acceptors (Lipinski definition) is 4. The van der Waals surface area contributed by atoms with Crippen molar-refractivity contribution in [2.24, 2.45) is 0 Å². The molecule has 3 aromatic rings. The Morgan fingerprint density at radius 1 is 0.600 bits per heavy atom. The molecule has 0 aliphatic heterocycles. The average Bonchev–Trinajstić information content (AvgIpc) is 2.60. The van der Waals surface area contributed by atoms with Crippen molar-refractivity contribution in [1.29, 1.82) is 0 Å². The average molecular weight is 336 g/mol. The van der Waals surface area contributed by atoms with E-state index < -0.39 is 0 Å². The summed E-state index contributed by atoms with van der Waals surface area (Å²) in [6.07, 6.45) is 1.25. The molecule has 4 nitrogen and oxygen atoms in total. The monoisotopic (exact) mass is 336 g/mol. The van der Waals surface area contributed by atoms with Crippen LogP contribution in [-0.2, 0) is 0 Å². The Morgan fingerprint density at radius 2 is 0.960 bits per heavy atom. The van der Waals surface area contributed by atoms with Crippen LogP contribution in [0.4, 0.5) is 11.4 Å². The lowest BCUT2D eigenvalue weighted by Crippen LogP contribution is -1.89. The van der Waals surface area contributed by atoms with Crippen LogP contribution in [-0.4, -0.2) is 0 Å². The second kappa shape index (κ2) is 9.23. The minimum atomic E-state index is 0.692. The van der Waals surface area contributed by atoms with Crippen molar-refractivity contribution >= 4 is 11.4 Å². The van der Waals surface area contributed by atoms with Gasteiger partial charge in [0.15, 0.2) is 0 Å². The van der Waals surface area contributed by atoms with Gasteiger partial charge in [-0.2, -0.15) is 0 Å². The highest BCUT2D eigenvalue weighted by Crippen LogP contribution is 2.28. The molecule has 0 saturated heterocycles. The SMILES string of the molecule is CCC.Nc1ccc(Oc2cccc(Oc3ccc(N)cc3)c2)cc1. The molecule has 0 heterocycles. The number of ether oxygens (including phenoxy) is 2. The smallest absolute Gasteiger partial charge is 0.131 e. The molecule has 0 spiro atoms. The largest absolute Gasteiger partial charge is 0.457 e. The number of benzene rings is 3. The normalized spacial score (nSPS) is 9.68. The molecule has 0 fully saturated rings. The maximum Gasteiger partial charge on any atom is 0.131 e. The maximum atomic E-state index is 5.78. The van der Waals surface area contributed by atoms with E-state index >= 15 is 0 Å². The second-order valence-corrected chi connectivity index (χ2v) is 5.52. The second-order valence-electron chi connectivity index (χ2n) is 5.52. The van der Waals surface area contributed by atoms with Gasteiger partial charge in [-0.15, -0.1) is 0 Å². The standard InChI is InChI=1S/C18H16N2O2.C3H8/c19-13-4-8-15(9-5-13)21-17-2-1-3-18(12-17)22-16-10-6-14(20)7-11-16;1-3-2/h1-12H,19-20H2;3H2,1-2H3. The lowest BCUT2D eigenvalue weighted by atomic mass is 10.3. The highest BCUT2D eigenvalue weighted by atomic mass is 16.5. The Morgan fingerprint density at radius 3 is 1.32 bits per heavy atom. The van der Waals surface area contributed by atoms with Gasteiger partial charge in [-0.05, 0) is 60.7 Å². The lowest BCUT2D eigenvalue weighted by Gasteiger charge is -2.09. The third-order valence-corrected chi connectivity index (χ3v) is 3.04. The van der Waals surface area contributed by atoms with Gasteiger partial charge in [0.25, 0.3) is 0 Å². The number of nitrogens with two attached hydrogens (primary N) is 2. The Balaban J connectivity index is 0.000000701. The number of anilines is 2. The van der Waals surface area contributed by atoms with Gasteiger partial charge < -0.3 is 20.9 Å². The van der Waals surface area contributed by atoms with E-state index in [1.165, 1.54) is 6.42 Å². The molecule has 4 N–H and O–H groups in total. The van der Waals surface area contributed by atoms with Gasteiger partial charge in [0.2, 0.25) is 0 Å². The first kappa shape index (κ1) is 18.2. The molecule has 0 atom stereocenters. The summed E-state index contributed by atoms with van der Waals surface area (Å²) in [4.78, 5) is 0. The third kappa shape index (κ3) is 6.11. The van der Waals surface area contributed by atoms with Crippen molar-refractivity contribution in [3.63, 3.8) is 0 Å². The molecule has 130 valence electrons. The van der Waals surface area contributed by atoms with Crippen molar-refractivity contribution in [2.75, 3.05) is 11.5 Å². The van der Waals surface area contributed by atoms with E-state index in [1.54, 1.807) is 24.3 Å². The third-order valence-electron chi connectivity index (χ3n) is 3.04. The van der Waals surface area contributed by atoms with E-state index in [9.17, 15) is 0 Å². The summed E-state index contributed by atoms with van der Waals surface area (Å²) in [5, 5.41) is 0. The first-order valence-electron chi connectivity index (χ1n) is 8.27. The lowest BCUT2D eigenvalue weighted by molar-refractivity contribution is 0.460. The Hall–Kier alpha value is -3.14. The van der Waals surface area contributed by atoms with Crippen LogP contribution in [0.5, 0.6) is 23.0 Å². The highest BCUT2D eigenvalue weighted by Gasteiger charge is 2.02. The van der Waals surface area contributed by atoms with Crippen molar-refractivity contribution < 1.29 is 9.47 Å². The van der Waals surface area contributed by atoms with Gasteiger partial charge in [-0.25, -0.2) is 0 Å². The first-order valence-corrected chi connectivity index (χ1v) is 8.27. The molecule has 3 rings (SSSR count). The van der Waals surface area contributed by atoms with Crippen LogP contribution in [0.2, 0.25) is 0 Å². The molecule has 4 heteroatoms. The fourth-order valence-electron chi connectivity index (χ4n) is 1.95. The van der Waals surface area contributed by atoms with E-state index in [2.05, 4.69) is 13.8 Å². The van der Waals surface area contributed by atoms with Crippen molar-refractivity contribution in [3.8, 4) is 23.0 Å². The summed E-state index contributed by atoms with van der Waals surface area (Å²) < 4.78 is 11.6. The van der Waals surface area contributed by atoms with Crippen molar-refractivity contribution in [3.05, 3.63) is 72.8 Å². The topological polar surface area (TPSA) is 70.5 Å². The maximum absolute atomic E-state index is 5.78. The predicted molar refractivity (Wildman–Crippen MR) is 104 cm³/mol. The van der Waals surface area contributed by atoms with E-state index in [4.69, 9.17) is 20.9 Å². The zero-order chi connectivity index (χ0) is 18.1. The molecule has 0 bridgehead atoms. The summed E-state index contributed by atoms with van der Waals surface area (Å²) in [5.41, 5.74) is 12.7. The van der Waals surface area contributed by atoms with Gasteiger partial charge in [-0.3, -0.25) is 0 Å². The quantitative estimate of drug-likeness (QED) is 0.586. The van der Waals surface area contributed by atoms with E-state index in [0.717, 1.165) is 11.5 Å². The number of nitrogen functional groups attached to an aromatic ring is 2. The van der Waals surface area contributed by atoms with Gasteiger partial charge in [0.05, 0.1) is 0 Å². The molecular weight excluding hydrogens is 312 g/mol. The minimum absolute atomic E-state index is 0.692. The molecule has 0 aliphatic rings. The van der Waals surface area contributed by atoms with Crippen LogP contribution in [0.25, 0.3) is 0 Å². The zero-order valence-electron chi connectivity index (χ0n) is 14.6. The Bertz CT molecular complexity index is 706. The van der Waals surface area contributed by atoms with Crippen molar-refractivity contribution in [2.45, 2.75) is 20.3 Å². The molecule has 0 aliphatic carbocycles. The Labute approximate surface area is 149 Å². The summed E-state index contributed by atoms with van der Waals surface area (Å²) >= 11 is 0. The number of hydrogen-bond donors (Lipinski definition) is 2. The van der Waals surface area contributed by atoms with Crippen LogP contribution in [0.15, 0.2) is 72.8 Å². The fourth-order valence-corrected chi connectivity index (χ4v) is 1.95. The molecular formula is C21H24N2O2. The zero-order valence-corrected chi connectivity index (χ0v) is 14.6. The molecule has 0 amide bonds. The van der Waals surface area contributed by atoms with Gasteiger partial charge >= 0.3 is 0 Å². The van der Waals surface area contributed by atoms with Crippen LogP contribution in [0.1, 0.15) is 20.3 Å². The summed E-state index contributed by atoms with van der Waals surface area (Å²) in [5.74, 6) is 2.83. The molecule has 3 aromatic carbocycles. The van der Waals surface area contributed by atoms with Crippen molar-refractivity contribution in [1.82, 2.24) is 0 Å². The molecule has 0 unspecified atom stereocenters. The summed E-state index contributed by atoms with van der Waals surface area (Å²) in [6.45, 7) is 4.25. The van der Waals surface area contributed by atoms with Crippen LogP contribution < -0.4 is 20.9 Å². The van der Waals surface area contributed by atoms with Crippen LogP contribution in [0.3, 0.4) is 0 Å². The van der Waals surface area contributed by atoms with E-state index in [0.29, 0.717) is 22.9 Å². The molecule has 0 aromatic heterocycles. The predicted octanol–water partition coefficient (Wildman–Crippen LogP) is 5.85. The highest BCUT2D eigenvalue weighted by molar-refractivity contribution is 5.45. The van der Waals surface area contributed by atoms with Gasteiger partial charge in [0.1, 0.15) is 23.0 Å². The summed E-state index contributed by atoms with van der Waals surface area (Å²) in [7, 11) is 0. The van der Waals surface area contributed by atoms with Gasteiger partial charge in [-0.1, -0.05) is 26.3 Å². The molecule has 0 radical (unpaired) electrons. The molecule has 0 saturated carbocycles. The number of rotatable bonds is 4. The summed E-state index contributed by atoms with van der Waals surface area (Å²) in [6, 6.07) is 21.9. The van der Waals surface area contributed by atoms with Gasteiger partial charge in [0, 0.05) is 17.4 Å². The fraction of sp³-hybridized carbons (Fsp3) is 0.143. The van der Waals surface area contributed by atoms with Crippen LogP contribution in [0, 0.1) is 0 Å². The first-order chi connectivity index (χ1) is 12.1. The van der Waals surface area contributed by atoms with Crippen LogP contribution >= 0.6 is 0 Å². The molecule has 25 heavy (non-hydrogen) atoms.